The molecule has 0 aliphatic heterocycles. The van der Waals surface area contributed by atoms with Gasteiger partial charge in [0.2, 0.25) is 0 Å². The zero-order chi connectivity index (χ0) is 16.4. The molecule has 0 unspecified atom stereocenters. The number of fused-ring (bicyclic) bond motifs is 1. The highest BCUT2D eigenvalue weighted by Gasteiger charge is 2.12. The van der Waals surface area contributed by atoms with Crippen LogP contribution in [-0.4, -0.2) is 20.9 Å². The molecule has 0 bridgehead atoms. The molecular formula is C18H12N4OS. The first-order valence-electron chi connectivity index (χ1n) is 7.32. The predicted molar refractivity (Wildman–Crippen MR) is 96.5 cm³/mol. The predicted octanol–water partition coefficient (Wildman–Crippen LogP) is 3.40. The van der Waals surface area contributed by atoms with E-state index >= 15 is 0 Å². The molecule has 0 atom stereocenters. The Kier molecular flexibility index (Phi) is 3.72. The normalized spacial score (nSPS) is 11.3. The van der Waals surface area contributed by atoms with Crippen LogP contribution in [0, 0.1) is 0 Å². The second kappa shape index (κ2) is 6.17. The molecule has 24 heavy (non-hydrogen) atoms. The number of aromatic nitrogens is 3. The number of thiophene rings is 1. The third kappa shape index (κ3) is 2.63. The molecule has 0 aliphatic carbocycles. The minimum Gasteiger partial charge on any atom is -0.267 e. The number of nitrogens with zero attached hydrogens (tertiary/aromatic N) is 4. The molecule has 116 valence electrons. The monoisotopic (exact) mass is 332 g/mol. The van der Waals surface area contributed by atoms with Gasteiger partial charge in [0.05, 0.1) is 17.3 Å². The summed E-state index contributed by atoms with van der Waals surface area (Å²) >= 11 is 1.46. The quantitative estimate of drug-likeness (QED) is 0.540. The Morgan fingerprint density at radius 2 is 1.88 bits per heavy atom. The molecule has 4 rings (SSSR count). The smallest absolute Gasteiger partial charge is 0.267 e. The minimum absolute atomic E-state index is 0.188. The van der Waals surface area contributed by atoms with E-state index in [1.165, 1.54) is 22.3 Å². The van der Waals surface area contributed by atoms with Crippen LogP contribution in [0.4, 0.5) is 0 Å². The SMILES string of the molecule is O=c1c2c(-c3ccccc3)csc2ncn1/N=C/c1ccccn1. The van der Waals surface area contributed by atoms with Gasteiger partial charge in [-0.25, -0.2) is 4.98 Å². The average Bonchev–Trinajstić information content (AvgIpc) is 3.08. The third-order valence-corrected chi connectivity index (χ3v) is 4.45. The van der Waals surface area contributed by atoms with E-state index in [-0.39, 0.29) is 5.56 Å². The van der Waals surface area contributed by atoms with E-state index in [9.17, 15) is 4.79 Å². The fourth-order valence-electron chi connectivity index (χ4n) is 2.41. The van der Waals surface area contributed by atoms with Gasteiger partial charge in [0.25, 0.3) is 5.56 Å². The molecule has 1 aromatic carbocycles. The van der Waals surface area contributed by atoms with Crippen LogP contribution < -0.4 is 5.56 Å². The molecule has 4 aromatic rings. The highest BCUT2D eigenvalue weighted by atomic mass is 32.1. The summed E-state index contributed by atoms with van der Waals surface area (Å²) in [4.78, 5) is 22.0. The van der Waals surface area contributed by atoms with Crippen LogP contribution in [0.25, 0.3) is 21.3 Å². The second-order valence-electron chi connectivity index (χ2n) is 5.09. The van der Waals surface area contributed by atoms with E-state index in [1.807, 2.05) is 53.9 Å². The molecule has 0 saturated carbocycles. The van der Waals surface area contributed by atoms with Crippen LogP contribution in [0.5, 0.6) is 0 Å². The van der Waals surface area contributed by atoms with E-state index in [1.54, 1.807) is 12.4 Å². The van der Waals surface area contributed by atoms with E-state index < -0.39 is 0 Å². The van der Waals surface area contributed by atoms with E-state index in [2.05, 4.69) is 15.1 Å². The van der Waals surface area contributed by atoms with Crippen LogP contribution in [0.1, 0.15) is 5.69 Å². The zero-order valence-corrected chi connectivity index (χ0v) is 13.4. The Balaban J connectivity index is 1.83. The molecular weight excluding hydrogens is 320 g/mol. The van der Waals surface area contributed by atoms with Gasteiger partial charge < -0.3 is 0 Å². The van der Waals surface area contributed by atoms with Gasteiger partial charge in [-0.1, -0.05) is 36.4 Å². The molecule has 0 amide bonds. The number of rotatable bonds is 3. The van der Waals surface area contributed by atoms with Crippen molar-refractivity contribution in [3.8, 4) is 11.1 Å². The topological polar surface area (TPSA) is 60.1 Å². The molecule has 0 aliphatic rings. The standard InChI is InChI=1S/C18H12N4OS/c23-18-16-15(13-6-2-1-3-7-13)11-24-17(16)20-12-22(18)21-10-14-8-4-5-9-19-14/h1-12H/b21-10+. The number of pyridine rings is 1. The van der Waals surface area contributed by atoms with Crippen molar-refractivity contribution in [1.29, 1.82) is 0 Å². The summed E-state index contributed by atoms with van der Waals surface area (Å²) in [6, 6.07) is 15.3. The first kappa shape index (κ1) is 14.5. The Hall–Kier alpha value is -3.12. The first-order valence-corrected chi connectivity index (χ1v) is 8.20. The fourth-order valence-corrected chi connectivity index (χ4v) is 3.32. The fraction of sp³-hybridized carbons (Fsp3) is 0. The maximum atomic E-state index is 12.8. The molecule has 0 N–H and O–H groups in total. The Morgan fingerprint density at radius 1 is 1.04 bits per heavy atom. The van der Waals surface area contributed by atoms with E-state index in [0.29, 0.717) is 15.9 Å². The number of hydrogen-bond donors (Lipinski definition) is 0. The van der Waals surface area contributed by atoms with Crippen LogP contribution in [0.3, 0.4) is 0 Å². The van der Waals surface area contributed by atoms with Gasteiger partial charge in [-0.15, -0.1) is 11.3 Å². The molecule has 5 nitrogen and oxygen atoms in total. The maximum Gasteiger partial charge on any atom is 0.283 e. The maximum absolute atomic E-state index is 12.8. The van der Waals surface area contributed by atoms with Gasteiger partial charge in [-0.2, -0.15) is 9.78 Å². The average molecular weight is 332 g/mol. The van der Waals surface area contributed by atoms with Crippen molar-refractivity contribution in [3.63, 3.8) is 0 Å². The van der Waals surface area contributed by atoms with Gasteiger partial charge >= 0.3 is 0 Å². The van der Waals surface area contributed by atoms with Crippen molar-refractivity contribution < 1.29 is 0 Å². The first-order chi connectivity index (χ1) is 11.8. The van der Waals surface area contributed by atoms with Gasteiger partial charge in [-0.3, -0.25) is 9.78 Å². The zero-order valence-electron chi connectivity index (χ0n) is 12.5. The molecule has 6 heteroatoms. The third-order valence-electron chi connectivity index (χ3n) is 3.56. The highest BCUT2D eigenvalue weighted by molar-refractivity contribution is 7.17. The summed E-state index contributed by atoms with van der Waals surface area (Å²) < 4.78 is 1.25. The van der Waals surface area contributed by atoms with Crippen LogP contribution in [0.2, 0.25) is 0 Å². The number of benzene rings is 1. The lowest BCUT2D eigenvalue weighted by atomic mass is 10.1. The summed E-state index contributed by atoms with van der Waals surface area (Å²) in [7, 11) is 0. The summed E-state index contributed by atoms with van der Waals surface area (Å²) in [5.74, 6) is 0. The molecule has 0 saturated heterocycles. The van der Waals surface area contributed by atoms with Crippen LogP contribution in [-0.2, 0) is 0 Å². The lowest BCUT2D eigenvalue weighted by Gasteiger charge is -2.01. The van der Waals surface area contributed by atoms with Gasteiger partial charge in [0.1, 0.15) is 11.2 Å². The largest absolute Gasteiger partial charge is 0.283 e. The van der Waals surface area contributed by atoms with Crippen molar-refractivity contribution in [2.24, 2.45) is 5.10 Å². The van der Waals surface area contributed by atoms with Crippen molar-refractivity contribution >= 4 is 27.8 Å². The molecule has 0 fully saturated rings. The molecule has 3 heterocycles. The summed E-state index contributed by atoms with van der Waals surface area (Å²) in [5.41, 5.74) is 2.37. The second-order valence-corrected chi connectivity index (χ2v) is 5.95. The van der Waals surface area contributed by atoms with E-state index in [4.69, 9.17) is 0 Å². The highest BCUT2D eigenvalue weighted by Crippen LogP contribution is 2.30. The van der Waals surface area contributed by atoms with Gasteiger partial charge in [-0.05, 0) is 17.7 Å². The molecule has 0 spiro atoms. The Labute approximate surface area is 141 Å². The van der Waals surface area contributed by atoms with Gasteiger partial charge in [0, 0.05) is 17.1 Å². The van der Waals surface area contributed by atoms with Crippen LogP contribution in [0.15, 0.2) is 76.3 Å². The van der Waals surface area contributed by atoms with Crippen molar-refractivity contribution in [3.05, 3.63) is 82.5 Å². The number of hydrogen-bond acceptors (Lipinski definition) is 5. The minimum atomic E-state index is -0.188. The van der Waals surface area contributed by atoms with Crippen molar-refractivity contribution in [2.45, 2.75) is 0 Å². The lowest BCUT2D eigenvalue weighted by Crippen LogP contribution is -2.16. The molecule has 0 radical (unpaired) electrons. The lowest BCUT2D eigenvalue weighted by molar-refractivity contribution is 0.818. The summed E-state index contributed by atoms with van der Waals surface area (Å²) in [6.45, 7) is 0. The van der Waals surface area contributed by atoms with Crippen molar-refractivity contribution in [2.75, 3.05) is 0 Å². The van der Waals surface area contributed by atoms with Crippen LogP contribution >= 0.6 is 11.3 Å². The summed E-state index contributed by atoms with van der Waals surface area (Å²) in [5, 5.41) is 6.75. The Morgan fingerprint density at radius 3 is 2.67 bits per heavy atom. The van der Waals surface area contributed by atoms with Gasteiger partial charge in [0.15, 0.2) is 0 Å². The molecule has 3 aromatic heterocycles. The van der Waals surface area contributed by atoms with E-state index in [0.717, 1.165) is 11.1 Å². The Bertz CT molecular complexity index is 1070. The van der Waals surface area contributed by atoms with Crippen molar-refractivity contribution in [1.82, 2.24) is 14.6 Å². The summed E-state index contributed by atoms with van der Waals surface area (Å²) in [6.07, 6.45) is 4.66.